The van der Waals surface area contributed by atoms with E-state index in [4.69, 9.17) is 4.98 Å². The molecule has 1 aliphatic rings. The zero-order valence-corrected chi connectivity index (χ0v) is 17.1. The third-order valence-electron chi connectivity index (χ3n) is 5.67. The van der Waals surface area contributed by atoms with E-state index < -0.39 is 0 Å². The normalized spacial score (nSPS) is 14.7. The minimum Gasteiger partial charge on any atom is -0.343 e. The fourth-order valence-electron chi connectivity index (χ4n) is 4.00. The summed E-state index contributed by atoms with van der Waals surface area (Å²) in [5.74, 6) is 0.256. The van der Waals surface area contributed by atoms with Crippen molar-refractivity contribution in [3.05, 3.63) is 77.9 Å². The molecule has 3 aromatic rings. The highest BCUT2D eigenvalue weighted by Gasteiger charge is 2.25. The van der Waals surface area contributed by atoms with Crippen molar-refractivity contribution < 1.29 is 9.18 Å². The lowest BCUT2D eigenvalue weighted by molar-refractivity contribution is -0.132. The lowest BCUT2D eigenvalue weighted by atomic mass is 9.91. The number of amides is 1. The molecule has 6 heteroatoms. The van der Waals surface area contributed by atoms with Crippen molar-refractivity contribution in [1.29, 1.82) is 0 Å². The molecular formula is C24H25FN4O. The number of aromatic nitrogens is 3. The second-order valence-electron chi connectivity index (χ2n) is 7.83. The molecular weight excluding hydrogens is 379 g/mol. The number of nitrogens with zero attached hydrogens (tertiary/aromatic N) is 4. The molecule has 0 saturated carbocycles. The fourth-order valence-corrected chi connectivity index (χ4v) is 4.00. The molecule has 0 radical (unpaired) electrons. The second kappa shape index (κ2) is 9.11. The van der Waals surface area contributed by atoms with Crippen LogP contribution in [-0.4, -0.2) is 38.8 Å². The van der Waals surface area contributed by atoms with Crippen molar-refractivity contribution in [1.82, 2.24) is 19.9 Å². The quantitative estimate of drug-likeness (QED) is 0.635. The maximum absolute atomic E-state index is 13.0. The maximum Gasteiger partial charge on any atom is 0.222 e. The summed E-state index contributed by atoms with van der Waals surface area (Å²) in [6.45, 7) is 3.49. The number of likely N-dealkylation sites (tertiary alicyclic amines) is 1. The van der Waals surface area contributed by atoms with Crippen LogP contribution in [-0.2, 0) is 11.2 Å². The van der Waals surface area contributed by atoms with E-state index in [9.17, 15) is 9.18 Å². The van der Waals surface area contributed by atoms with Gasteiger partial charge in [-0.1, -0.05) is 12.1 Å². The van der Waals surface area contributed by atoms with Crippen molar-refractivity contribution in [2.75, 3.05) is 13.1 Å². The Kier molecular flexibility index (Phi) is 6.12. The molecule has 1 amide bonds. The van der Waals surface area contributed by atoms with Gasteiger partial charge < -0.3 is 4.90 Å². The van der Waals surface area contributed by atoms with E-state index in [-0.39, 0.29) is 11.7 Å². The van der Waals surface area contributed by atoms with Gasteiger partial charge in [0.15, 0.2) is 0 Å². The number of carbonyl (C=O) groups is 1. The van der Waals surface area contributed by atoms with Crippen LogP contribution in [0.5, 0.6) is 0 Å². The Hall–Kier alpha value is -3.15. The molecule has 1 fully saturated rings. The standard InChI is InChI=1S/C24H25FN4O/c1-17-12-20(21-14-26-16-27-15-21)13-23(28-17)19-8-10-29(11-9-19)24(30)7-4-18-2-5-22(25)6-3-18/h2-3,5-6,12-16,19H,4,7-11H2,1H3. The summed E-state index contributed by atoms with van der Waals surface area (Å²) >= 11 is 0. The predicted octanol–water partition coefficient (Wildman–Crippen LogP) is 4.32. The summed E-state index contributed by atoms with van der Waals surface area (Å²) in [5, 5.41) is 0. The average Bonchev–Trinajstić information content (AvgIpc) is 2.79. The molecule has 1 aliphatic heterocycles. The Bertz CT molecular complexity index is 999. The van der Waals surface area contributed by atoms with E-state index in [1.807, 2.05) is 24.2 Å². The number of benzene rings is 1. The van der Waals surface area contributed by atoms with E-state index >= 15 is 0 Å². The Labute approximate surface area is 176 Å². The SMILES string of the molecule is Cc1cc(-c2cncnc2)cc(C2CCN(C(=O)CCc3ccc(F)cc3)CC2)n1. The fraction of sp³-hybridized carbons (Fsp3) is 0.333. The maximum atomic E-state index is 13.0. The van der Waals surface area contributed by atoms with Crippen molar-refractivity contribution in [3.8, 4) is 11.1 Å². The van der Waals surface area contributed by atoms with Crippen LogP contribution < -0.4 is 0 Å². The molecule has 0 unspecified atom stereocenters. The van der Waals surface area contributed by atoms with E-state index in [1.165, 1.54) is 18.5 Å². The Morgan fingerprint density at radius 2 is 1.77 bits per heavy atom. The van der Waals surface area contributed by atoms with E-state index in [1.54, 1.807) is 12.1 Å². The molecule has 154 valence electrons. The number of rotatable bonds is 5. The van der Waals surface area contributed by atoms with Gasteiger partial charge in [0.1, 0.15) is 12.1 Å². The molecule has 30 heavy (non-hydrogen) atoms. The van der Waals surface area contributed by atoms with Gasteiger partial charge >= 0.3 is 0 Å². The zero-order chi connectivity index (χ0) is 20.9. The highest BCUT2D eigenvalue weighted by atomic mass is 19.1. The summed E-state index contributed by atoms with van der Waals surface area (Å²) in [6.07, 6.45) is 8.06. The number of hydrogen-bond acceptors (Lipinski definition) is 4. The van der Waals surface area contributed by atoms with Crippen molar-refractivity contribution >= 4 is 5.91 Å². The molecule has 4 rings (SSSR count). The summed E-state index contributed by atoms with van der Waals surface area (Å²) in [7, 11) is 0. The Morgan fingerprint density at radius 3 is 2.47 bits per heavy atom. The van der Waals surface area contributed by atoms with Gasteiger partial charge in [-0.3, -0.25) is 9.78 Å². The number of piperidine rings is 1. The van der Waals surface area contributed by atoms with Gasteiger partial charge in [-0.15, -0.1) is 0 Å². The van der Waals surface area contributed by atoms with Gasteiger partial charge in [0, 0.05) is 54.8 Å². The van der Waals surface area contributed by atoms with E-state index in [2.05, 4.69) is 22.1 Å². The molecule has 0 bridgehead atoms. The number of carbonyl (C=O) groups excluding carboxylic acids is 1. The molecule has 0 N–H and O–H groups in total. The largest absolute Gasteiger partial charge is 0.343 e. The van der Waals surface area contributed by atoms with Crippen LogP contribution in [0.2, 0.25) is 0 Å². The minimum atomic E-state index is -0.250. The van der Waals surface area contributed by atoms with Crippen LogP contribution in [0.25, 0.3) is 11.1 Å². The lowest BCUT2D eigenvalue weighted by Crippen LogP contribution is -2.38. The van der Waals surface area contributed by atoms with Gasteiger partial charge in [0.25, 0.3) is 0 Å². The monoisotopic (exact) mass is 404 g/mol. The molecule has 1 aromatic carbocycles. The summed E-state index contributed by atoms with van der Waals surface area (Å²) < 4.78 is 13.0. The number of hydrogen-bond donors (Lipinski definition) is 0. The highest BCUT2D eigenvalue weighted by Crippen LogP contribution is 2.30. The first kappa shape index (κ1) is 20.1. The summed E-state index contributed by atoms with van der Waals surface area (Å²) in [5.41, 5.74) is 5.10. The zero-order valence-electron chi connectivity index (χ0n) is 17.1. The van der Waals surface area contributed by atoms with Crippen LogP contribution in [0.1, 0.15) is 42.1 Å². The highest BCUT2D eigenvalue weighted by molar-refractivity contribution is 5.76. The van der Waals surface area contributed by atoms with Gasteiger partial charge in [0.2, 0.25) is 5.91 Å². The lowest BCUT2D eigenvalue weighted by Gasteiger charge is -2.32. The van der Waals surface area contributed by atoms with Crippen molar-refractivity contribution in [2.24, 2.45) is 0 Å². The summed E-state index contributed by atoms with van der Waals surface area (Å²) in [6, 6.07) is 10.5. The number of pyridine rings is 1. The molecule has 3 heterocycles. The van der Waals surface area contributed by atoms with Crippen LogP contribution >= 0.6 is 0 Å². The average molecular weight is 404 g/mol. The van der Waals surface area contributed by atoms with Gasteiger partial charge in [-0.25, -0.2) is 14.4 Å². The first-order chi connectivity index (χ1) is 14.6. The van der Waals surface area contributed by atoms with E-state index in [0.29, 0.717) is 18.8 Å². The summed E-state index contributed by atoms with van der Waals surface area (Å²) in [4.78, 5) is 27.5. The van der Waals surface area contributed by atoms with Crippen LogP contribution in [0.15, 0.2) is 55.1 Å². The first-order valence-corrected chi connectivity index (χ1v) is 10.3. The third kappa shape index (κ3) is 4.87. The molecule has 0 aliphatic carbocycles. The van der Waals surface area contributed by atoms with Gasteiger partial charge in [-0.05, 0) is 61.6 Å². The van der Waals surface area contributed by atoms with Crippen LogP contribution in [0.4, 0.5) is 4.39 Å². The topological polar surface area (TPSA) is 59.0 Å². The van der Waals surface area contributed by atoms with Crippen LogP contribution in [0, 0.1) is 12.7 Å². The molecule has 5 nitrogen and oxygen atoms in total. The van der Waals surface area contributed by atoms with Crippen LogP contribution in [0.3, 0.4) is 0 Å². The van der Waals surface area contributed by atoms with Crippen molar-refractivity contribution in [2.45, 2.75) is 38.5 Å². The minimum absolute atomic E-state index is 0.164. The smallest absolute Gasteiger partial charge is 0.222 e. The molecule has 0 spiro atoms. The second-order valence-corrected chi connectivity index (χ2v) is 7.83. The van der Waals surface area contributed by atoms with E-state index in [0.717, 1.165) is 54.0 Å². The molecule has 1 saturated heterocycles. The van der Waals surface area contributed by atoms with Gasteiger partial charge in [-0.2, -0.15) is 0 Å². The number of halogens is 1. The third-order valence-corrected chi connectivity index (χ3v) is 5.67. The molecule has 0 atom stereocenters. The molecule has 2 aromatic heterocycles. The van der Waals surface area contributed by atoms with Crippen molar-refractivity contribution in [3.63, 3.8) is 0 Å². The Balaban J connectivity index is 1.35. The first-order valence-electron chi connectivity index (χ1n) is 10.3. The van der Waals surface area contributed by atoms with Gasteiger partial charge in [0.05, 0.1) is 0 Å². The predicted molar refractivity (Wildman–Crippen MR) is 113 cm³/mol. The Morgan fingerprint density at radius 1 is 1.07 bits per heavy atom. The number of aryl methyl sites for hydroxylation is 2.